The molecule has 0 amide bonds. The predicted molar refractivity (Wildman–Crippen MR) is 76.3 cm³/mol. The van der Waals surface area contributed by atoms with E-state index in [-0.39, 0.29) is 6.61 Å². The number of hydrogen-bond acceptors (Lipinski definition) is 3. The number of aliphatic hydroxyl groups excluding tert-OH is 1. The molecular formula is C15H24N2O. The second-order valence-electron chi connectivity index (χ2n) is 5.18. The van der Waals surface area contributed by atoms with Gasteiger partial charge < -0.3 is 15.3 Å². The van der Waals surface area contributed by atoms with Crippen molar-refractivity contribution in [3.63, 3.8) is 0 Å². The van der Waals surface area contributed by atoms with Crippen LogP contribution in [0.4, 0.5) is 5.69 Å². The lowest BCUT2D eigenvalue weighted by Crippen LogP contribution is -2.42. The van der Waals surface area contributed by atoms with Gasteiger partial charge in [-0.05, 0) is 44.9 Å². The molecule has 2 rings (SSSR count). The molecule has 1 aromatic rings. The van der Waals surface area contributed by atoms with Crippen molar-refractivity contribution in [3.8, 4) is 0 Å². The normalized spacial score (nSPS) is 16.5. The third-order valence-corrected chi connectivity index (χ3v) is 3.78. The Morgan fingerprint density at radius 1 is 1.44 bits per heavy atom. The molecule has 0 aromatic heterocycles. The molecule has 2 N–H and O–H groups in total. The van der Waals surface area contributed by atoms with Crippen molar-refractivity contribution in [3.05, 3.63) is 29.3 Å². The topological polar surface area (TPSA) is 35.5 Å². The zero-order valence-corrected chi connectivity index (χ0v) is 11.4. The molecule has 0 bridgehead atoms. The number of likely N-dealkylation sites (N-methyl/N-ethyl adjacent to an activating group) is 1. The maximum atomic E-state index is 9.07. The number of nitrogens with zero attached hydrogens (tertiary/aromatic N) is 1. The molecule has 0 spiro atoms. The Hall–Kier alpha value is -1.06. The standard InChI is InChI=1S/C15H24N2O/c1-12-5-6-15-13(10-12)4-3-8-17(15)11-14(16-2)7-9-18/h5-6,10,14,16,18H,3-4,7-9,11H2,1-2H3. The molecule has 1 aliphatic rings. The number of anilines is 1. The number of aliphatic hydroxyl groups is 1. The van der Waals surface area contributed by atoms with E-state index in [0.717, 1.165) is 19.5 Å². The van der Waals surface area contributed by atoms with Gasteiger partial charge in [-0.15, -0.1) is 0 Å². The van der Waals surface area contributed by atoms with Crippen LogP contribution in [0.15, 0.2) is 18.2 Å². The second-order valence-corrected chi connectivity index (χ2v) is 5.18. The fraction of sp³-hybridized carbons (Fsp3) is 0.600. The van der Waals surface area contributed by atoms with Crippen LogP contribution >= 0.6 is 0 Å². The minimum absolute atomic E-state index is 0.250. The summed E-state index contributed by atoms with van der Waals surface area (Å²) in [5, 5.41) is 12.4. The van der Waals surface area contributed by atoms with Crippen molar-refractivity contribution in [2.45, 2.75) is 32.2 Å². The van der Waals surface area contributed by atoms with E-state index in [4.69, 9.17) is 5.11 Å². The van der Waals surface area contributed by atoms with Gasteiger partial charge in [0.05, 0.1) is 0 Å². The molecule has 0 saturated carbocycles. The van der Waals surface area contributed by atoms with E-state index in [0.29, 0.717) is 6.04 Å². The van der Waals surface area contributed by atoms with Crippen LogP contribution in [0.5, 0.6) is 0 Å². The van der Waals surface area contributed by atoms with Crippen molar-refractivity contribution in [2.24, 2.45) is 0 Å². The lowest BCUT2D eigenvalue weighted by atomic mass is 9.99. The first kappa shape index (κ1) is 13.4. The van der Waals surface area contributed by atoms with Crippen molar-refractivity contribution >= 4 is 5.69 Å². The van der Waals surface area contributed by atoms with Gasteiger partial charge in [0.15, 0.2) is 0 Å². The highest BCUT2D eigenvalue weighted by molar-refractivity contribution is 5.56. The minimum atomic E-state index is 0.250. The Morgan fingerprint density at radius 2 is 2.28 bits per heavy atom. The Bertz CT molecular complexity index is 392. The molecule has 3 heteroatoms. The maximum absolute atomic E-state index is 9.07. The molecule has 0 radical (unpaired) electrons. The summed E-state index contributed by atoms with van der Waals surface area (Å²) in [5.74, 6) is 0. The van der Waals surface area contributed by atoms with Gasteiger partial charge in [0, 0.05) is 31.4 Å². The number of nitrogens with one attached hydrogen (secondary N) is 1. The molecule has 0 aliphatic carbocycles. The Balaban J connectivity index is 2.12. The van der Waals surface area contributed by atoms with E-state index in [1.54, 1.807) is 0 Å². The molecule has 0 fully saturated rings. The largest absolute Gasteiger partial charge is 0.396 e. The third kappa shape index (κ3) is 3.03. The molecule has 1 aliphatic heterocycles. The first-order valence-corrected chi connectivity index (χ1v) is 6.87. The molecule has 3 nitrogen and oxygen atoms in total. The van der Waals surface area contributed by atoms with Crippen LogP contribution < -0.4 is 10.2 Å². The van der Waals surface area contributed by atoms with Gasteiger partial charge in [-0.1, -0.05) is 17.7 Å². The number of rotatable bonds is 5. The molecule has 1 heterocycles. The lowest BCUT2D eigenvalue weighted by molar-refractivity contribution is 0.268. The van der Waals surface area contributed by atoms with Gasteiger partial charge in [-0.3, -0.25) is 0 Å². The molecular weight excluding hydrogens is 224 g/mol. The van der Waals surface area contributed by atoms with Gasteiger partial charge in [0.25, 0.3) is 0 Å². The van der Waals surface area contributed by atoms with Crippen molar-refractivity contribution < 1.29 is 5.11 Å². The van der Waals surface area contributed by atoms with Gasteiger partial charge in [-0.2, -0.15) is 0 Å². The molecule has 1 unspecified atom stereocenters. The molecule has 100 valence electrons. The third-order valence-electron chi connectivity index (χ3n) is 3.78. The fourth-order valence-electron chi connectivity index (χ4n) is 2.74. The Kier molecular flexibility index (Phi) is 4.61. The first-order chi connectivity index (χ1) is 8.74. The molecule has 18 heavy (non-hydrogen) atoms. The number of hydrogen-bond donors (Lipinski definition) is 2. The smallest absolute Gasteiger partial charge is 0.0446 e. The second kappa shape index (κ2) is 6.21. The highest BCUT2D eigenvalue weighted by atomic mass is 16.3. The number of fused-ring (bicyclic) bond motifs is 1. The van der Waals surface area contributed by atoms with Crippen LogP contribution in [-0.2, 0) is 6.42 Å². The summed E-state index contributed by atoms with van der Waals surface area (Å²) in [6.45, 7) is 4.51. The summed E-state index contributed by atoms with van der Waals surface area (Å²) < 4.78 is 0. The van der Waals surface area contributed by atoms with Gasteiger partial charge in [0.1, 0.15) is 0 Å². The van der Waals surface area contributed by atoms with Crippen LogP contribution in [0.1, 0.15) is 24.0 Å². The number of aryl methyl sites for hydroxylation is 2. The van der Waals surface area contributed by atoms with Crippen molar-refractivity contribution in [2.75, 3.05) is 31.6 Å². The average molecular weight is 248 g/mol. The van der Waals surface area contributed by atoms with E-state index in [2.05, 4.69) is 35.3 Å². The van der Waals surface area contributed by atoms with Crippen LogP contribution in [0.2, 0.25) is 0 Å². The Morgan fingerprint density at radius 3 is 3.00 bits per heavy atom. The van der Waals surface area contributed by atoms with Crippen LogP contribution in [0, 0.1) is 6.92 Å². The summed E-state index contributed by atoms with van der Waals surface area (Å²) >= 11 is 0. The lowest BCUT2D eigenvalue weighted by Gasteiger charge is -2.34. The fourth-order valence-corrected chi connectivity index (χ4v) is 2.74. The van der Waals surface area contributed by atoms with E-state index < -0.39 is 0 Å². The van der Waals surface area contributed by atoms with Crippen LogP contribution in [0.25, 0.3) is 0 Å². The van der Waals surface area contributed by atoms with Crippen molar-refractivity contribution in [1.29, 1.82) is 0 Å². The summed E-state index contributed by atoms with van der Waals surface area (Å²) in [6, 6.07) is 7.11. The van der Waals surface area contributed by atoms with Crippen LogP contribution in [0.3, 0.4) is 0 Å². The van der Waals surface area contributed by atoms with Gasteiger partial charge in [0.2, 0.25) is 0 Å². The van der Waals surface area contributed by atoms with Crippen molar-refractivity contribution in [1.82, 2.24) is 5.32 Å². The quantitative estimate of drug-likeness (QED) is 0.833. The summed E-state index contributed by atoms with van der Waals surface area (Å²) in [4.78, 5) is 2.45. The monoisotopic (exact) mass is 248 g/mol. The van der Waals surface area contributed by atoms with Crippen LogP contribution in [-0.4, -0.2) is 37.9 Å². The summed E-state index contributed by atoms with van der Waals surface area (Å²) in [5.41, 5.74) is 4.20. The first-order valence-electron chi connectivity index (χ1n) is 6.87. The molecule has 0 saturated heterocycles. The minimum Gasteiger partial charge on any atom is -0.396 e. The SMILES string of the molecule is CNC(CCO)CN1CCCc2cc(C)ccc21. The highest BCUT2D eigenvalue weighted by Gasteiger charge is 2.19. The zero-order valence-electron chi connectivity index (χ0n) is 11.4. The Labute approximate surface area is 110 Å². The molecule has 1 atom stereocenters. The van der Waals surface area contributed by atoms with E-state index in [9.17, 15) is 0 Å². The van der Waals surface area contributed by atoms with E-state index >= 15 is 0 Å². The highest BCUT2D eigenvalue weighted by Crippen LogP contribution is 2.28. The zero-order chi connectivity index (χ0) is 13.0. The number of benzene rings is 1. The van der Waals surface area contributed by atoms with E-state index in [1.807, 2.05) is 7.05 Å². The predicted octanol–water partition coefficient (Wildman–Crippen LogP) is 1.72. The maximum Gasteiger partial charge on any atom is 0.0446 e. The van der Waals surface area contributed by atoms with Gasteiger partial charge in [-0.25, -0.2) is 0 Å². The average Bonchev–Trinajstić information content (AvgIpc) is 2.38. The summed E-state index contributed by atoms with van der Waals surface area (Å²) in [6.07, 6.45) is 3.23. The van der Waals surface area contributed by atoms with E-state index in [1.165, 1.54) is 29.7 Å². The van der Waals surface area contributed by atoms with Gasteiger partial charge >= 0.3 is 0 Å². The summed E-state index contributed by atoms with van der Waals surface area (Å²) in [7, 11) is 1.97. The molecule has 1 aromatic carbocycles.